The van der Waals surface area contributed by atoms with Crippen molar-refractivity contribution in [2.45, 2.75) is 33.6 Å². The number of hydrogen-bond donors (Lipinski definition) is 2. The molecule has 2 N–H and O–H groups in total. The van der Waals surface area contributed by atoms with Gasteiger partial charge < -0.3 is 9.99 Å². The molecular formula is C9H16O5. The monoisotopic (exact) mass is 204 g/mol. The van der Waals surface area contributed by atoms with Crippen LogP contribution in [0.15, 0.2) is 0 Å². The van der Waals surface area contributed by atoms with Crippen molar-refractivity contribution in [2.75, 3.05) is 0 Å². The molecule has 0 saturated heterocycles. The molecule has 5 nitrogen and oxygen atoms in total. The highest BCUT2D eigenvalue weighted by atomic mass is 17.1. The third-order valence-corrected chi connectivity index (χ3v) is 2.63. The Kier molecular flexibility index (Phi) is 4.56. The maximum atomic E-state index is 10.9. The topological polar surface area (TPSA) is 83.8 Å². The van der Waals surface area contributed by atoms with Crippen LogP contribution in [0.4, 0.5) is 0 Å². The van der Waals surface area contributed by atoms with Gasteiger partial charge in [0.2, 0.25) is 0 Å². The first-order chi connectivity index (χ1) is 6.35. The maximum Gasteiger partial charge on any atom is 0.342 e. The fourth-order valence-electron chi connectivity index (χ4n) is 1.15. The van der Waals surface area contributed by atoms with Crippen LogP contribution in [-0.2, 0) is 14.5 Å². The third kappa shape index (κ3) is 3.33. The van der Waals surface area contributed by atoms with Gasteiger partial charge in [0.25, 0.3) is 0 Å². The summed E-state index contributed by atoms with van der Waals surface area (Å²) in [5, 5.41) is 17.0. The fraction of sp³-hybridized carbons (Fsp3) is 0.778. The van der Waals surface area contributed by atoms with Crippen LogP contribution in [0.5, 0.6) is 0 Å². The van der Waals surface area contributed by atoms with Gasteiger partial charge in [-0.25, -0.2) is 4.79 Å². The van der Waals surface area contributed by atoms with E-state index in [2.05, 4.69) is 4.89 Å². The molecule has 0 radical (unpaired) electrons. The lowest BCUT2D eigenvalue weighted by Gasteiger charge is -2.29. The molecule has 0 bridgehead atoms. The summed E-state index contributed by atoms with van der Waals surface area (Å²) in [7, 11) is 0. The Bertz CT molecular complexity index is 221. The van der Waals surface area contributed by atoms with Gasteiger partial charge >= 0.3 is 11.9 Å². The van der Waals surface area contributed by atoms with Gasteiger partial charge in [0.1, 0.15) is 0 Å². The molecule has 0 rings (SSSR count). The summed E-state index contributed by atoms with van der Waals surface area (Å²) in [6.45, 7) is 5.37. The van der Waals surface area contributed by atoms with Crippen LogP contribution < -0.4 is 0 Å². The van der Waals surface area contributed by atoms with Gasteiger partial charge in [-0.1, -0.05) is 27.2 Å². The van der Waals surface area contributed by atoms with Crippen LogP contribution in [-0.4, -0.2) is 22.3 Å². The Morgan fingerprint density at radius 2 is 1.93 bits per heavy atom. The normalized spacial score (nSPS) is 13.4. The number of rotatable bonds is 5. The highest BCUT2D eigenvalue weighted by molar-refractivity contribution is 5.79. The van der Waals surface area contributed by atoms with E-state index in [0.29, 0.717) is 6.42 Å². The molecule has 0 fully saturated rings. The summed E-state index contributed by atoms with van der Waals surface area (Å²) >= 11 is 0. The first kappa shape index (κ1) is 12.9. The summed E-state index contributed by atoms with van der Waals surface area (Å²) in [6.07, 6.45) is 0.315. The zero-order valence-corrected chi connectivity index (χ0v) is 8.61. The number of carboxylic acid groups (broad SMARTS) is 1. The molecule has 0 spiro atoms. The second kappa shape index (κ2) is 4.95. The fourth-order valence-corrected chi connectivity index (χ4v) is 1.15. The van der Waals surface area contributed by atoms with Crippen LogP contribution in [0.25, 0.3) is 0 Å². The van der Waals surface area contributed by atoms with Gasteiger partial charge in [-0.15, -0.1) is 0 Å². The molecule has 0 saturated carbocycles. The Balaban J connectivity index is 4.61. The SMILES string of the molecule is CCC(C)(C)C(CC(=O)OO)C(=O)O. The number of carbonyl (C=O) groups is 2. The highest BCUT2D eigenvalue weighted by Gasteiger charge is 2.36. The van der Waals surface area contributed by atoms with Gasteiger partial charge in [0.05, 0.1) is 12.3 Å². The van der Waals surface area contributed by atoms with Crippen molar-refractivity contribution in [3.8, 4) is 0 Å². The van der Waals surface area contributed by atoms with E-state index < -0.39 is 23.3 Å². The predicted molar refractivity (Wildman–Crippen MR) is 48.5 cm³/mol. The highest BCUT2D eigenvalue weighted by Crippen LogP contribution is 2.33. The van der Waals surface area contributed by atoms with E-state index in [-0.39, 0.29) is 6.42 Å². The number of carboxylic acids is 1. The van der Waals surface area contributed by atoms with E-state index in [1.807, 2.05) is 6.92 Å². The molecule has 0 amide bonds. The Morgan fingerprint density at radius 1 is 1.43 bits per heavy atom. The smallest absolute Gasteiger partial charge is 0.342 e. The molecule has 0 aromatic heterocycles. The summed E-state index contributed by atoms with van der Waals surface area (Å²) in [6, 6.07) is 0. The molecule has 1 atom stereocenters. The number of hydrogen-bond acceptors (Lipinski definition) is 4. The lowest BCUT2D eigenvalue weighted by Crippen LogP contribution is -2.32. The largest absolute Gasteiger partial charge is 0.481 e. The van der Waals surface area contributed by atoms with Crippen molar-refractivity contribution in [3.05, 3.63) is 0 Å². The lowest BCUT2D eigenvalue weighted by atomic mass is 9.75. The van der Waals surface area contributed by atoms with E-state index >= 15 is 0 Å². The van der Waals surface area contributed by atoms with E-state index in [4.69, 9.17) is 10.4 Å². The lowest BCUT2D eigenvalue weighted by molar-refractivity contribution is -0.236. The van der Waals surface area contributed by atoms with Crippen molar-refractivity contribution in [1.29, 1.82) is 0 Å². The molecular weight excluding hydrogens is 188 g/mol. The quantitative estimate of drug-likeness (QED) is 0.524. The molecule has 0 aromatic carbocycles. The molecule has 5 heteroatoms. The number of aliphatic carboxylic acids is 1. The van der Waals surface area contributed by atoms with E-state index in [9.17, 15) is 9.59 Å². The summed E-state index contributed by atoms with van der Waals surface area (Å²) < 4.78 is 0. The van der Waals surface area contributed by atoms with E-state index in [1.54, 1.807) is 13.8 Å². The minimum atomic E-state index is -1.05. The molecule has 82 valence electrons. The zero-order valence-electron chi connectivity index (χ0n) is 8.61. The molecule has 0 aliphatic heterocycles. The van der Waals surface area contributed by atoms with Gasteiger partial charge in [0.15, 0.2) is 0 Å². The van der Waals surface area contributed by atoms with Crippen LogP contribution >= 0.6 is 0 Å². The minimum absolute atomic E-state index is 0.313. The van der Waals surface area contributed by atoms with Crippen molar-refractivity contribution >= 4 is 11.9 Å². The zero-order chi connectivity index (χ0) is 11.4. The Morgan fingerprint density at radius 3 is 2.21 bits per heavy atom. The second-order valence-electron chi connectivity index (χ2n) is 3.90. The average Bonchev–Trinajstić information content (AvgIpc) is 2.12. The van der Waals surface area contributed by atoms with Crippen LogP contribution in [0, 0.1) is 11.3 Å². The summed E-state index contributed by atoms with van der Waals surface area (Å²) in [5.41, 5.74) is -0.500. The first-order valence-electron chi connectivity index (χ1n) is 4.42. The van der Waals surface area contributed by atoms with Crippen molar-refractivity contribution in [3.63, 3.8) is 0 Å². The second-order valence-corrected chi connectivity index (χ2v) is 3.90. The van der Waals surface area contributed by atoms with Gasteiger partial charge in [-0.05, 0) is 5.41 Å². The average molecular weight is 204 g/mol. The molecule has 0 heterocycles. The van der Waals surface area contributed by atoms with Crippen LogP contribution in [0.1, 0.15) is 33.6 Å². The minimum Gasteiger partial charge on any atom is -0.481 e. The first-order valence-corrected chi connectivity index (χ1v) is 4.42. The molecule has 0 aliphatic rings. The molecule has 0 aromatic rings. The van der Waals surface area contributed by atoms with Crippen LogP contribution in [0.3, 0.4) is 0 Å². The van der Waals surface area contributed by atoms with Crippen LogP contribution in [0.2, 0.25) is 0 Å². The summed E-state index contributed by atoms with van der Waals surface area (Å²) in [4.78, 5) is 25.1. The van der Waals surface area contributed by atoms with Gasteiger partial charge in [-0.3, -0.25) is 4.79 Å². The molecule has 0 aliphatic carbocycles. The van der Waals surface area contributed by atoms with Crippen molar-refractivity contribution in [2.24, 2.45) is 11.3 Å². The maximum absolute atomic E-state index is 10.9. The standard InChI is InChI=1S/C9H16O5/c1-4-9(2,3)6(8(11)12)5-7(10)14-13/h6,13H,4-5H2,1-3H3,(H,11,12). The molecule has 1 unspecified atom stereocenters. The number of carbonyl (C=O) groups excluding carboxylic acids is 1. The Hall–Kier alpha value is -1.10. The van der Waals surface area contributed by atoms with Gasteiger partial charge in [-0.2, -0.15) is 5.26 Å². The van der Waals surface area contributed by atoms with Crippen molar-refractivity contribution < 1.29 is 24.8 Å². The van der Waals surface area contributed by atoms with Gasteiger partial charge in [0, 0.05) is 0 Å². The Labute approximate surface area is 82.6 Å². The van der Waals surface area contributed by atoms with E-state index in [1.165, 1.54) is 0 Å². The third-order valence-electron chi connectivity index (χ3n) is 2.63. The summed E-state index contributed by atoms with van der Waals surface area (Å²) in [5.74, 6) is -2.81. The van der Waals surface area contributed by atoms with Crippen molar-refractivity contribution in [1.82, 2.24) is 0 Å². The predicted octanol–water partition coefficient (Wildman–Crippen LogP) is 1.53. The van der Waals surface area contributed by atoms with E-state index in [0.717, 1.165) is 0 Å². The molecule has 14 heavy (non-hydrogen) atoms.